The zero-order chi connectivity index (χ0) is 10.8. The maximum Gasteiger partial charge on any atom is 0.134 e. The number of carbonyl (C=O) groups excluding carboxylic acids is 1. The summed E-state index contributed by atoms with van der Waals surface area (Å²) in [6, 6.07) is 11.1. The maximum absolute atomic E-state index is 11.0. The number of ketones is 1. The lowest BCUT2D eigenvalue weighted by molar-refractivity contribution is -0.116. The molecule has 0 heterocycles. The van der Waals surface area contributed by atoms with Crippen LogP contribution in [0.1, 0.15) is 12.5 Å². The summed E-state index contributed by atoms with van der Waals surface area (Å²) in [4.78, 5) is 11.0. The van der Waals surface area contributed by atoms with Gasteiger partial charge in [-0.1, -0.05) is 30.3 Å². The minimum absolute atomic E-state index is 0.148. The first kappa shape index (κ1) is 9.71. The number of phenols is 1. The van der Waals surface area contributed by atoms with E-state index < -0.39 is 0 Å². The molecule has 2 heteroatoms. The first-order valence-corrected chi connectivity index (χ1v) is 4.87. The minimum atomic E-state index is 0.148. The van der Waals surface area contributed by atoms with E-state index in [1.807, 2.05) is 24.3 Å². The van der Waals surface area contributed by atoms with E-state index in [1.54, 1.807) is 19.1 Å². The van der Waals surface area contributed by atoms with Gasteiger partial charge < -0.3 is 5.11 Å². The fraction of sp³-hybridized carbons (Fsp3) is 0.154. The quantitative estimate of drug-likeness (QED) is 0.809. The molecule has 0 spiro atoms. The zero-order valence-corrected chi connectivity index (χ0v) is 8.53. The van der Waals surface area contributed by atoms with Gasteiger partial charge in [0.2, 0.25) is 0 Å². The molecule has 0 atom stereocenters. The van der Waals surface area contributed by atoms with Crippen molar-refractivity contribution in [3.63, 3.8) is 0 Å². The molecule has 15 heavy (non-hydrogen) atoms. The summed E-state index contributed by atoms with van der Waals surface area (Å²) in [6.45, 7) is 1.58. The Hall–Kier alpha value is -1.83. The van der Waals surface area contributed by atoms with Gasteiger partial charge in [-0.25, -0.2) is 0 Å². The lowest BCUT2D eigenvalue weighted by atomic mass is 10.0. The van der Waals surface area contributed by atoms with E-state index in [9.17, 15) is 9.90 Å². The predicted octanol–water partition coefficient (Wildman–Crippen LogP) is 2.68. The van der Waals surface area contributed by atoms with Gasteiger partial charge in [-0.15, -0.1) is 0 Å². The van der Waals surface area contributed by atoms with E-state index in [-0.39, 0.29) is 11.5 Å². The Bertz CT molecular complexity index is 515. The Morgan fingerprint density at radius 3 is 2.80 bits per heavy atom. The highest BCUT2D eigenvalue weighted by molar-refractivity contribution is 5.89. The van der Waals surface area contributed by atoms with Gasteiger partial charge in [-0.3, -0.25) is 4.79 Å². The number of carbonyl (C=O) groups is 1. The van der Waals surface area contributed by atoms with E-state index in [1.165, 1.54) is 0 Å². The largest absolute Gasteiger partial charge is 0.507 e. The Morgan fingerprint density at radius 1 is 1.27 bits per heavy atom. The molecular weight excluding hydrogens is 188 g/mol. The Balaban J connectivity index is 2.52. The molecule has 0 aromatic heterocycles. The molecule has 0 saturated carbocycles. The molecule has 0 aliphatic carbocycles. The van der Waals surface area contributed by atoms with E-state index in [0.717, 1.165) is 16.3 Å². The number of rotatable bonds is 2. The number of hydrogen-bond donors (Lipinski definition) is 1. The van der Waals surface area contributed by atoms with Gasteiger partial charge in [0.15, 0.2) is 0 Å². The molecule has 2 aromatic rings. The van der Waals surface area contributed by atoms with Gasteiger partial charge in [0, 0.05) is 11.8 Å². The molecule has 0 aliphatic rings. The van der Waals surface area contributed by atoms with Crippen molar-refractivity contribution in [2.45, 2.75) is 13.3 Å². The molecule has 0 aliphatic heterocycles. The molecule has 2 nitrogen and oxygen atoms in total. The normalized spacial score (nSPS) is 10.5. The number of aromatic hydroxyl groups is 1. The van der Waals surface area contributed by atoms with Crippen molar-refractivity contribution in [2.75, 3.05) is 0 Å². The van der Waals surface area contributed by atoms with Crippen LogP contribution in [0.4, 0.5) is 0 Å². The fourth-order valence-corrected chi connectivity index (χ4v) is 1.71. The lowest BCUT2D eigenvalue weighted by Crippen LogP contribution is -1.95. The summed E-state index contributed by atoms with van der Waals surface area (Å²) < 4.78 is 0. The van der Waals surface area contributed by atoms with Crippen molar-refractivity contribution in [1.82, 2.24) is 0 Å². The molecule has 1 N–H and O–H groups in total. The summed E-state index contributed by atoms with van der Waals surface area (Å²) in [6.07, 6.45) is 0.450. The van der Waals surface area contributed by atoms with Crippen LogP contribution in [-0.2, 0) is 11.2 Å². The average Bonchev–Trinajstić information content (AvgIpc) is 2.17. The van der Waals surface area contributed by atoms with Crippen molar-refractivity contribution in [2.24, 2.45) is 0 Å². The monoisotopic (exact) mass is 200 g/mol. The van der Waals surface area contributed by atoms with Crippen LogP contribution in [0.15, 0.2) is 36.4 Å². The number of fused-ring (bicyclic) bond motifs is 1. The molecular formula is C13H12O2. The van der Waals surface area contributed by atoms with Gasteiger partial charge >= 0.3 is 0 Å². The maximum atomic E-state index is 11.0. The van der Waals surface area contributed by atoms with Gasteiger partial charge in [0.25, 0.3) is 0 Å². The summed E-state index contributed by atoms with van der Waals surface area (Å²) in [5.41, 5.74) is 0.987. The second-order valence-electron chi connectivity index (χ2n) is 3.71. The van der Waals surface area contributed by atoms with Gasteiger partial charge in [0.05, 0.1) is 0 Å². The van der Waals surface area contributed by atoms with Gasteiger partial charge in [-0.05, 0) is 23.9 Å². The molecule has 2 aromatic carbocycles. The first-order valence-electron chi connectivity index (χ1n) is 4.87. The summed E-state index contributed by atoms with van der Waals surface area (Å²) >= 11 is 0. The molecule has 0 unspecified atom stereocenters. The average molecular weight is 200 g/mol. The Morgan fingerprint density at radius 2 is 2.07 bits per heavy atom. The number of hydrogen-bond acceptors (Lipinski definition) is 2. The van der Waals surface area contributed by atoms with Crippen LogP contribution in [-0.4, -0.2) is 10.9 Å². The molecule has 0 fully saturated rings. The molecule has 0 amide bonds. The highest BCUT2D eigenvalue weighted by Gasteiger charge is 2.02. The Kier molecular flexibility index (Phi) is 2.42. The van der Waals surface area contributed by atoms with Crippen LogP contribution in [0, 0.1) is 0 Å². The van der Waals surface area contributed by atoms with Crippen molar-refractivity contribution in [3.8, 4) is 5.75 Å². The summed E-state index contributed by atoms with van der Waals surface area (Å²) in [5, 5.41) is 11.4. The highest BCUT2D eigenvalue weighted by Crippen LogP contribution is 2.25. The van der Waals surface area contributed by atoms with Crippen molar-refractivity contribution >= 4 is 16.6 Å². The second kappa shape index (κ2) is 3.73. The zero-order valence-electron chi connectivity index (χ0n) is 8.53. The van der Waals surface area contributed by atoms with E-state index in [2.05, 4.69) is 0 Å². The fourth-order valence-electron chi connectivity index (χ4n) is 1.71. The van der Waals surface area contributed by atoms with E-state index >= 15 is 0 Å². The van der Waals surface area contributed by atoms with Crippen LogP contribution in [0.5, 0.6) is 5.75 Å². The standard InChI is InChI=1S/C13H12O2/c1-9(14)7-10-5-6-12-11(8-10)3-2-4-13(12)15/h2-6,8,15H,7H2,1H3. The van der Waals surface area contributed by atoms with Crippen LogP contribution >= 0.6 is 0 Å². The van der Waals surface area contributed by atoms with Crippen LogP contribution in [0.25, 0.3) is 10.8 Å². The van der Waals surface area contributed by atoms with Gasteiger partial charge in [-0.2, -0.15) is 0 Å². The van der Waals surface area contributed by atoms with Crippen molar-refractivity contribution in [1.29, 1.82) is 0 Å². The minimum Gasteiger partial charge on any atom is -0.507 e. The molecule has 0 radical (unpaired) electrons. The predicted molar refractivity (Wildman–Crippen MR) is 60.0 cm³/mol. The van der Waals surface area contributed by atoms with E-state index in [4.69, 9.17) is 0 Å². The molecule has 0 saturated heterocycles. The van der Waals surface area contributed by atoms with E-state index in [0.29, 0.717) is 6.42 Å². The van der Waals surface area contributed by atoms with Crippen molar-refractivity contribution < 1.29 is 9.90 Å². The number of Topliss-reactive ketones (excluding diaryl/α,β-unsaturated/α-hetero) is 1. The van der Waals surface area contributed by atoms with Crippen LogP contribution < -0.4 is 0 Å². The first-order chi connectivity index (χ1) is 7.16. The van der Waals surface area contributed by atoms with Gasteiger partial charge in [0.1, 0.15) is 11.5 Å². The van der Waals surface area contributed by atoms with Crippen LogP contribution in [0.2, 0.25) is 0 Å². The summed E-state index contributed by atoms with van der Waals surface area (Å²) in [5.74, 6) is 0.427. The number of benzene rings is 2. The van der Waals surface area contributed by atoms with Crippen LogP contribution in [0.3, 0.4) is 0 Å². The Labute approximate surface area is 88.2 Å². The number of phenolic OH excluding ortho intramolecular Hbond substituents is 1. The third-order valence-corrected chi connectivity index (χ3v) is 2.37. The third kappa shape index (κ3) is 1.99. The smallest absolute Gasteiger partial charge is 0.134 e. The molecule has 2 rings (SSSR count). The second-order valence-corrected chi connectivity index (χ2v) is 3.71. The lowest BCUT2D eigenvalue weighted by Gasteiger charge is -2.03. The highest BCUT2D eigenvalue weighted by atomic mass is 16.3. The van der Waals surface area contributed by atoms with Crippen molar-refractivity contribution in [3.05, 3.63) is 42.0 Å². The molecule has 76 valence electrons. The summed E-state index contributed by atoms with van der Waals surface area (Å²) in [7, 11) is 0. The SMILES string of the molecule is CC(=O)Cc1ccc2c(O)cccc2c1. The third-order valence-electron chi connectivity index (χ3n) is 2.37. The topological polar surface area (TPSA) is 37.3 Å². The molecule has 0 bridgehead atoms.